The third-order valence-electron chi connectivity index (χ3n) is 9.51. The lowest BCUT2D eigenvalue weighted by Gasteiger charge is -2.14. The van der Waals surface area contributed by atoms with Gasteiger partial charge in [-0.3, -0.25) is 0 Å². The number of unbranched alkanes of at least 4 members (excludes halogenated alkanes) is 18. The fraction of sp³-hybridized carbons (Fsp3) is 0.578. The minimum atomic E-state index is -0.394. The molecular formula is C45H66O4. The Hall–Kier alpha value is -3.11. The highest BCUT2D eigenvalue weighted by molar-refractivity contribution is 5.92. The number of rotatable bonds is 28. The first-order valence-corrected chi connectivity index (χ1v) is 19.9. The standard InChI is InChI=1S/C45H66O4/c1-4-6-8-9-10-11-12-13-14-15-16-17-18-19-20-21-22-25-37-47-38(3)39-28-30-40(31-29-39)41-32-34-42(35-33-41)45(46)49-44-27-24-23-26-43(44)48-36-7-5-2/h23-24,26-35,38H,4-22,25,36-37H2,1-3H3. The summed E-state index contributed by atoms with van der Waals surface area (Å²) in [5.41, 5.74) is 3.85. The molecule has 4 nitrogen and oxygen atoms in total. The quantitative estimate of drug-likeness (QED) is 0.0438. The largest absolute Gasteiger partial charge is 0.490 e. The molecule has 3 aromatic rings. The second kappa shape index (κ2) is 25.8. The van der Waals surface area contributed by atoms with Crippen LogP contribution in [0.4, 0.5) is 0 Å². The Morgan fingerprint density at radius 2 is 0.959 bits per heavy atom. The zero-order chi connectivity index (χ0) is 34.8. The number of carbonyl (C=O) groups excluding carboxylic acids is 1. The van der Waals surface area contributed by atoms with Crippen LogP contribution in [0.25, 0.3) is 11.1 Å². The van der Waals surface area contributed by atoms with E-state index in [1.807, 2.05) is 42.5 Å². The van der Waals surface area contributed by atoms with Crippen LogP contribution in [0.2, 0.25) is 0 Å². The van der Waals surface area contributed by atoms with Crippen molar-refractivity contribution in [2.45, 2.75) is 155 Å². The molecule has 4 heteroatoms. The maximum absolute atomic E-state index is 12.8. The summed E-state index contributed by atoms with van der Waals surface area (Å²) in [6.45, 7) is 7.96. The second-order valence-electron chi connectivity index (χ2n) is 13.8. The van der Waals surface area contributed by atoms with Crippen LogP contribution < -0.4 is 9.47 Å². The number of para-hydroxylation sites is 2. The van der Waals surface area contributed by atoms with Crippen molar-refractivity contribution >= 4 is 5.97 Å². The van der Waals surface area contributed by atoms with Crippen molar-refractivity contribution in [1.82, 2.24) is 0 Å². The number of esters is 1. The van der Waals surface area contributed by atoms with Crippen LogP contribution in [0.5, 0.6) is 11.5 Å². The van der Waals surface area contributed by atoms with Crippen LogP contribution in [0, 0.1) is 0 Å². The van der Waals surface area contributed by atoms with E-state index >= 15 is 0 Å². The molecule has 270 valence electrons. The summed E-state index contributed by atoms with van der Waals surface area (Å²) in [6, 6.07) is 23.4. The Balaban J connectivity index is 1.23. The van der Waals surface area contributed by atoms with Crippen LogP contribution >= 0.6 is 0 Å². The zero-order valence-electron chi connectivity index (χ0n) is 31.2. The Labute approximate surface area is 299 Å². The monoisotopic (exact) mass is 670 g/mol. The van der Waals surface area contributed by atoms with Gasteiger partial charge >= 0.3 is 5.97 Å². The molecule has 0 fully saturated rings. The zero-order valence-corrected chi connectivity index (χ0v) is 31.2. The van der Waals surface area contributed by atoms with E-state index in [1.165, 1.54) is 115 Å². The Morgan fingerprint density at radius 1 is 0.510 bits per heavy atom. The highest BCUT2D eigenvalue weighted by Crippen LogP contribution is 2.29. The van der Waals surface area contributed by atoms with Gasteiger partial charge in [0, 0.05) is 6.61 Å². The molecule has 1 unspecified atom stereocenters. The summed E-state index contributed by atoms with van der Waals surface area (Å²) in [6.07, 6.45) is 27.1. The number of carbonyl (C=O) groups is 1. The molecule has 3 aromatic carbocycles. The molecule has 0 saturated carbocycles. The number of hydrogen-bond donors (Lipinski definition) is 0. The summed E-state index contributed by atoms with van der Waals surface area (Å²) in [7, 11) is 0. The molecule has 0 saturated heterocycles. The first kappa shape index (κ1) is 40.3. The molecule has 0 heterocycles. The average Bonchev–Trinajstić information content (AvgIpc) is 3.13. The van der Waals surface area contributed by atoms with E-state index in [-0.39, 0.29) is 6.10 Å². The number of hydrogen-bond acceptors (Lipinski definition) is 4. The maximum atomic E-state index is 12.8. The highest BCUT2D eigenvalue weighted by Gasteiger charge is 2.13. The first-order chi connectivity index (χ1) is 24.1. The average molecular weight is 671 g/mol. The van der Waals surface area contributed by atoms with Crippen molar-refractivity contribution in [2.24, 2.45) is 0 Å². The van der Waals surface area contributed by atoms with Gasteiger partial charge < -0.3 is 14.2 Å². The van der Waals surface area contributed by atoms with Gasteiger partial charge in [-0.1, -0.05) is 178 Å². The van der Waals surface area contributed by atoms with E-state index in [0.29, 0.717) is 23.7 Å². The number of benzene rings is 3. The lowest BCUT2D eigenvalue weighted by atomic mass is 10.0. The predicted molar refractivity (Wildman–Crippen MR) is 207 cm³/mol. The molecule has 0 N–H and O–H groups in total. The molecule has 0 aliphatic carbocycles. The van der Waals surface area contributed by atoms with Crippen LogP contribution in [0.3, 0.4) is 0 Å². The summed E-state index contributed by atoms with van der Waals surface area (Å²) in [4.78, 5) is 12.8. The van der Waals surface area contributed by atoms with Crippen molar-refractivity contribution in [1.29, 1.82) is 0 Å². The molecular weight excluding hydrogens is 604 g/mol. The van der Waals surface area contributed by atoms with Crippen molar-refractivity contribution in [3.8, 4) is 22.6 Å². The molecule has 0 amide bonds. The summed E-state index contributed by atoms with van der Waals surface area (Å²) in [5.74, 6) is 0.642. The molecule has 0 spiro atoms. The van der Waals surface area contributed by atoms with Gasteiger partial charge in [0.1, 0.15) is 0 Å². The lowest BCUT2D eigenvalue weighted by Crippen LogP contribution is -2.09. The summed E-state index contributed by atoms with van der Waals surface area (Å²) in [5, 5.41) is 0. The molecule has 3 rings (SSSR count). The topological polar surface area (TPSA) is 44.8 Å². The van der Waals surface area contributed by atoms with Crippen LogP contribution in [-0.2, 0) is 4.74 Å². The third kappa shape index (κ3) is 16.9. The summed E-state index contributed by atoms with van der Waals surface area (Å²) >= 11 is 0. The maximum Gasteiger partial charge on any atom is 0.343 e. The van der Waals surface area contributed by atoms with Crippen LogP contribution in [-0.4, -0.2) is 19.2 Å². The molecule has 49 heavy (non-hydrogen) atoms. The smallest absolute Gasteiger partial charge is 0.343 e. The van der Waals surface area contributed by atoms with Gasteiger partial charge in [0.2, 0.25) is 0 Å². The highest BCUT2D eigenvalue weighted by atomic mass is 16.6. The van der Waals surface area contributed by atoms with E-state index in [2.05, 4.69) is 45.0 Å². The van der Waals surface area contributed by atoms with E-state index < -0.39 is 5.97 Å². The fourth-order valence-electron chi connectivity index (χ4n) is 6.24. The van der Waals surface area contributed by atoms with Gasteiger partial charge in [0.15, 0.2) is 11.5 Å². The van der Waals surface area contributed by atoms with Gasteiger partial charge in [-0.25, -0.2) is 4.79 Å². The van der Waals surface area contributed by atoms with Crippen LogP contribution in [0.1, 0.15) is 171 Å². The van der Waals surface area contributed by atoms with E-state index in [9.17, 15) is 4.79 Å². The van der Waals surface area contributed by atoms with Crippen molar-refractivity contribution in [2.75, 3.05) is 13.2 Å². The third-order valence-corrected chi connectivity index (χ3v) is 9.51. The van der Waals surface area contributed by atoms with E-state index in [4.69, 9.17) is 14.2 Å². The second-order valence-corrected chi connectivity index (χ2v) is 13.8. The van der Waals surface area contributed by atoms with Crippen molar-refractivity contribution in [3.63, 3.8) is 0 Å². The Morgan fingerprint density at radius 3 is 1.47 bits per heavy atom. The van der Waals surface area contributed by atoms with Crippen molar-refractivity contribution < 1.29 is 19.0 Å². The molecule has 1 atom stereocenters. The van der Waals surface area contributed by atoms with E-state index in [1.54, 1.807) is 6.07 Å². The lowest BCUT2D eigenvalue weighted by molar-refractivity contribution is 0.0627. The first-order valence-electron chi connectivity index (χ1n) is 19.9. The van der Waals surface area contributed by atoms with Gasteiger partial charge in [-0.15, -0.1) is 0 Å². The SMILES string of the molecule is CCCCCCCCCCCCCCCCCCCCOC(C)c1ccc(-c2ccc(C(=O)Oc3ccccc3OCCCC)cc2)cc1. The van der Waals surface area contributed by atoms with Gasteiger partial charge in [-0.2, -0.15) is 0 Å². The minimum Gasteiger partial charge on any atom is -0.490 e. The molecule has 0 aromatic heterocycles. The summed E-state index contributed by atoms with van der Waals surface area (Å²) < 4.78 is 17.6. The van der Waals surface area contributed by atoms with Gasteiger partial charge in [0.25, 0.3) is 0 Å². The molecule has 0 radical (unpaired) electrons. The number of ether oxygens (including phenoxy) is 3. The predicted octanol–water partition coefficient (Wildman–Crippen LogP) is 13.9. The molecule has 0 aliphatic heterocycles. The van der Waals surface area contributed by atoms with Gasteiger partial charge in [-0.05, 0) is 60.7 Å². The van der Waals surface area contributed by atoms with Gasteiger partial charge in [0.05, 0.1) is 18.3 Å². The van der Waals surface area contributed by atoms with Crippen molar-refractivity contribution in [3.05, 3.63) is 83.9 Å². The Kier molecular flexibility index (Phi) is 21.2. The minimum absolute atomic E-state index is 0.0748. The normalized spacial score (nSPS) is 11.8. The van der Waals surface area contributed by atoms with E-state index in [0.717, 1.165) is 37.0 Å². The fourth-order valence-corrected chi connectivity index (χ4v) is 6.24. The van der Waals surface area contributed by atoms with Crippen LogP contribution in [0.15, 0.2) is 72.8 Å². The molecule has 0 bridgehead atoms. The molecule has 0 aliphatic rings. The Bertz CT molecular complexity index is 1250.